The van der Waals surface area contributed by atoms with Crippen molar-refractivity contribution in [2.75, 3.05) is 16.9 Å². The van der Waals surface area contributed by atoms with Gasteiger partial charge in [-0.1, -0.05) is 17.4 Å². The van der Waals surface area contributed by atoms with Crippen LogP contribution in [0.25, 0.3) is 0 Å². The molecular formula is C15H15N3O3S2. The summed E-state index contributed by atoms with van der Waals surface area (Å²) >= 11 is 3.03. The first-order chi connectivity index (χ1) is 11.0. The van der Waals surface area contributed by atoms with Gasteiger partial charge in [0.05, 0.1) is 21.2 Å². The summed E-state index contributed by atoms with van der Waals surface area (Å²) in [6.45, 7) is 3.55. The summed E-state index contributed by atoms with van der Waals surface area (Å²) in [4.78, 5) is 28.5. The van der Waals surface area contributed by atoms with Crippen molar-refractivity contribution in [1.29, 1.82) is 0 Å². The van der Waals surface area contributed by atoms with E-state index in [0.29, 0.717) is 22.1 Å². The molecule has 0 aliphatic carbocycles. The molecule has 0 saturated carbocycles. The fourth-order valence-corrected chi connectivity index (χ4v) is 3.80. The van der Waals surface area contributed by atoms with Crippen LogP contribution < -0.4 is 15.4 Å². The predicted octanol–water partition coefficient (Wildman–Crippen LogP) is 3.15. The third-order valence-electron chi connectivity index (χ3n) is 3.34. The number of rotatable bonds is 3. The second-order valence-corrected chi connectivity index (χ2v) is 7.06. The zero-order valence-electron chi connectivity index (χ0n) is 12.8. The summed E-state index contributed by atoms with van der Waals surface area (Å²) < 4.78 is 6.65. The number of nitrogens with one attached hydrogen (secondary N) is 2. The summed E-state index contributed by atoms with van der Waals surface area (Å²) in [5, 5.41) is 6.07. The van der Waals surface area contributed by atoms with Gasteiger partial charge in [-0.15, -0.1) is 11.8 Å². The minimum absolute atomic E-state index is 0.227. The van der Waals surface area contributed by atoms with Gasteiger partial charge in [0.2, 0.25) is 0 Å². The molecule has 6 nitrogen and oxygen atoms in total. The summed E-state index contributed by atoms with van der Waals surface area (Å²) in [5.74, 6) is -0.155. The summed E-state index contributed by atoms with van der Waals surface area (Å²) in [6, 6.07) is 5.07. The molecule has 2 aromatic rings. The van der Waals surface area contributed by atoms with Crippen LogP contribution in [0.5, 0.6) is 5.75 Å². The van der Waals surface area contributed by atoms with Crippen molar-refractivity contribution in [3.05, 3.63) is 29.5 Å². The van der Waals surface area contributed by atoms with Crippen LogP contribution in [0.15, 0.2) is 22.4 Å². The Hall–Kier alpha value is -2.06. The van der Waals surface area contributed by atoms with Gasteiger partial charge in [-0.3, -0.25) is 14.9 Å². The van der Waals surface area contributed by atoms with E-state index in [0.717, 1.165) is 9.90 Å². The van der Waals surface area contributed by atoms with E-state index in [9.17, 15) is 9.59 Å². The molecule has 1 aromatic carbocycles. The fourth-order valence-electron chi connectivity index (χ4n) is 2.20. The molecule has 0 radical (unpaired) electrons. The second-order valence-electron chi connectivity index (χ2n) is 4.98. The number of carbonyl (C=O) groups is 2. The van der Waals surface area contributed by atoms with E-state index >= 15 is 0 Å². The zero-order chi connectivity index (χ0) is 16.6. The van der Waals surface area contributed by atoms with Crippen LogP contribution in [0.4, 0.5) is 10.8 Å². The van der Waals surface area contributed by atoms with Crippen molar-refractivity contribution >= 4 is 45.7 Å². The quantitative estimate of drug-likeness (QED) is 0.832. The van der Waals surface area contributed by atoms with Crippen LogP contribution in [0.1, 0.15) is 23.0 Å². The number of benzene rings is 1. The average molecular weight is 349 g/mol. The second kappa shape index (κ2) is 6.21. The van der Waals surface area contributed by atoms with Gasteiger partial charge in [0.15, 0.2) is 17.0 Å². The Labute approximate surface area is 141 Å². The molecule has 3 rings (SSSR count). The number of ether oxygens (including phenoxy) is 1. The molecule has 2 amide bonds. The topological polar surface area (TPSA) is 80.3 Å². The Morgan fingerprint density at radius 3 is 2.96 bits per heavy atom. The number of thioether (sulfide) groups is 1. The van der Waals surface area contributed by atoms with E-state index in [2.05, 4.69) is 15.6 Å². The highest BCUT2D eigenvalue weighted by molar-refractivity contribution is 8.00. The van der Waals surface area contributed by atoms with E-state index in [1.807, 2.05) is 13.2 Å². The van der Waals surface area contributed by atoms with E-state index in [1.54, 1.807) is 36.9 Å². The summed E-state index contributed by atoms with van der Waals surface area (Å²) in [6.07, 6.45) is 1.33. The number of para-hydroxylation sites is 1. The molecule has 8 heteroatoms. The van der Waals surface area contributed by atoms with Crippen LogP contribution in [0.3, 0.4) is 0 Å². The number of carbonyl (C=O) groups excluding carboxylic acids is 2. The number of anilines is 2. The normalized spacial score (nSPS) is 16.3. The van der Waals surface area contributed by atoms with Crippen LogP contribution in [-0.2, 0) is 4.79 Å². The highest BCUT2D eigenvalue weighted by atomic mass is 32.2. The number of fused-ring (bicyclic) bond motifs is 1. The third-order valence-corrected chi connectivity index (χ3v) is 5.62. The Balaban J connectivity index is 1.88. The van der Waals surface area contributed by atoms with Gasteiger partial charge < -0.3 is 10.1 Å². The lowest BCUT2D eigenvalue weighted by atomic mass is 10.1. The maximum atomic E-state index is 12.5. The van der Waals surface area contributed by atoms with Gasteiger partial charge in [-0.05, 0) is 32.2 Å². The lowest BCUT2D eigenvalue weighted by Gasteiger charge is -2.24. The standard InChI is InChI=1S/C15H15N3O3S2/c1-7-14(22-3)23-15(16-7)18-13(20)9-5-4-6-10-11(9)21-8(2)12(19)17-10/h4-6,8H,1-3H3,(H,17,19)(H,16,18,20)/t8-/m0/s1. The van der Waals surface area contributed by atoms with Gasteiger partial charge in [-0.25, -0.2) is 4.98 Å². The van der Waals surface area contributed by atoms with E-state index in [1.165, 1.54) is 11.3 Å². The molecule has 0 bridgehead atoms. The molecular weight excluding hydrogens is 334 g/mol. The Morgan fingerprint density at radius 2 is 2.26 bits per heavy atom. The van der Waals surface area contributed by atoms with Crippen molar-refractivity contribution in [2.45, 2.75) is 24.2 Å². The Bertz CT molecular complexity index is 788. The molecule has 1 atom stereocenters. The lowest BCUT2D eigenvalue weighted by molar-refractivity contribution is -0.122. The van der Waals surface area contributed by atoms with E-state index in [4.69, 9.17) is 4.74 Å². The predicted molar refractivity (Wildman–Crippen MR) is 91.7 cm³/mol. The molecule has 0 spiro atoms. The monoisotopic (exact) mass is 349 g/mol. The highest BCUT2D eigenvalue weighted by Crippen LogP contribution is 2.35. The molecule has 0 fully saturated rings. The first-order valence-electron chi connectivity index (χ1n) is 6.93. The number of aromatic nitrogens is 1. The molecule has 120 valence electrons. The number of nitrogens with zero attached hydrogens (tertiary/aromatic N) is 1. The van der Waals surface area contributed by atoms with Gasteiger partial charge in [-0.2, -0.15) is 0 Å². The Morgan fingerprint density at radius 1 is 1.48 bits per heavy atom. The van der Waals surface area contributed by atoms with Crippen molar-refractivity contribution in [1.82, 2.24) is 4.98 Å². The van der Waals surface area contributed by atoms with Crippen molar-refractivity contribution in [2.24, 2.45) is 0 Å². The van der Waals surface area contributed by atoms with Gasteiger partial charge in [0, 0.05) is 0 Å². The first-order valence-corrected chi connectivity index (χ1v) is 8.97. The summed E-state index contributed by atoms with van der Waals surface area (Å²) in [7, 11) is 0. The van der Waals surface area contributed by atoms with Crippen molar-refractivity contribution in [3.63, 3.8) is 0 Å². The van der Waals surface area contributed by atoms with Crippen molar-refractivity contribution in [3.8, 4) is 5.75 Å². The minimum atomic E-state index is -0.637. The van der Waals surface area contributed by atoms with Crippen LogP contribution in [-0.4, -0.2) is 29.2 Å². The zero-order valence-corrected chi connectivity index (χ0v) is 14.4. The number of amides is 2. The molecule has 2 N–H and O–H groups in total. The smallest absolute Gasteiger partial charge is 0.265 e. The molecule has 2 heterocycles. The molecule has 1 aliphatic rings. The molecule has 0 saturated heterocycles. The number of hydrogen-bond donors (Lipinski definition) is 2. The SMILES string of the molecule is CSc1sc(NC(=O)c2cccc3c2O[C@@H](C)C(=O)N3)nc1C. The largest absolute Gasteiger partial charge is 0.478 e. The number of thiazole rings is 1. The van der Waals surface area contributed by atoms with Crippen LogP contribution >= 0.6 is 23.1 Å². The maximum Gasteiger partial charge on any atom is 0.265 e. The van der Waals surface area contributed by atoms with Gasteiger partial charge in [0.25, 0.3) is 11.8 Å². The molecule has 0 unspecified atom stereocenters. The van der Waals surface area contributed by atoms with Crippen molar-refractivity contribution < 1.29 is 14.3 Å². The first kappa shape index (κ1) is 15.8. The van der Waals surface area contributed by atoms with Crippen LogP contribution in [0.2, 0.25) is 0 Å². The molecule has 23 heavy (non-hydrogen) atoms. The molecule has 1 aromatic heterocycles. The maximum absolute atomic E-state index is 12.5. The third kappa shape index (κ3) is 3.04. The minimum Gasteiger partial charge on any atom is -0.478 e. The molecule has 1 aliphatic heterocycles. The van der Waals surface area contributed by atoms with Crippen LogP contribution in [0, 0.1) is 6.92 Å². The summed E-state index contributed by atoms with van der Waals surface area (Å²) in [5.41, 5.74) is 1.76. The van der Waals surface area contributed by atoms with E-state index < -0.39 is 6.10 Å². The highest BCUT2D eigenvalue weighted by Gasteiger charge is 2.27. The average Bonchev–Trinajstić information content (AvgIpc) is 2.87. The Kier molecular flexibility index (Phi) is 4.27. The number of hydrogen-bond acceptors (Lipinski definition) is 6. The fraction of sp³-hybridized carbons (Fsp3) is 0.267. The van der Waals surface area contributed by atoms with E-state index in [-0.39, 0.29) is 11.8 Å². The van der Waals surface area contributed by atoms with Gasteiger partial charge in [0.1, 0.15) is 0 Å². The van der Waals surface area contributed by atoms with Gasteiger partial charge >= 0.3 is 0 Å². The lowest BCUT2D eigenvalue weighted by Crippen LogP contribution is -2.35. The number of aryl methyl sites for hydroxylation is 1.